The number of carbonyl (C=O) groups excluding carboxylic acids is 1. The Morgan fingerprint density at radius 1 is 1.29 bits per heavy atom. The molecule has 4 heteroatoms. The van der Waals surface area contributed by atoms with E-state index in [0.29, 0.717) is 11.8 Å². The number of hydrogen-bond donors (Lipinski definition) is 1. The lowest BCUT2D eigenvalue weighted by Crippen LogP contribution is -2.33. The molecule has 0 spiro atoms. The molecule has 1 aliphatic rings. The average molecular weight is 253 g/mol. The van der Waals surface area contributed by atoms with Gasteiger partial charge in [-0.15, -0.1) is 11.8 Å². The van der Waals surface area contributed by atoms with Crippen LogP contribution in [0.3, 0.4) is 0 Å². The maximum absolute atomic E-state index is 12.7. The maximum Gasteiger partial charge on any atom is 0.230 e. The topological polar surface area (TPSA) is 29.1 Å². The first kappa shape index (κ1) is 12.4. The number of thioether (sulfide) groups is 1. The van der Waals surface area contributed by atoms with Crippen LogP contribution >= 0.6 is 11.8 Å². The largest absolute Gasteiger partial charge is 0.353 e. The van der Waals surface area contributed by atoms with Gasteiger partial charge in [0.05, 0.1) is 5.75 Å². The van der Waals surface area contributed by atoms with Crippen molar-refractivity contribution in [3.63, 3.8) is 0 Å². The fourth-order valence-electron chi connectivity index (χ4n) is 2.02. The Kier molecular flexibility index (Phi) is 4.42. The van der Waals surface area contributed by atoms with Gasteiger partial charge >= 0.3 is 0 Å². The van der Waals surface area contributed by atoms with Crippen LogP contribution in [0.25, 0.3) is 0 Å². The standard InChI is InChI=1S/C13H16FNOS/c14-10-5-7-12(8-6-10)17-9-13(16)15-11-3-1-2-4-11/h5-8,11H,1-4,9H2,(H,15,16). The summed E-state index contributed by atoms with van der Waals surface area (Å²) in [6, 6.07) is 6.59. The zero-order valence-corrected chi connectivity index (χ0v) is 10.4. The van der Waals surface area contributed by atoms with Crippen LogP contribution in [0.1, 0.15) is 25.7 Å². The molecule has 0 heterocycles. The second-order valence-electron chi connectivity index (χ2n) is 4.29. The Bertz CT molecular complexity index is 374. The van der Waals surface area contributed by atoms with Gasteiger partial charge in [0, 0.05) is 10.9 Å². The Morgan fingerprint density at radius 2 is 1.94 bits per heavy atom. The lowest BCUT2D eigenvalue weighted by molar-refractivity contribution is -0.119. The van der Waals surface area contributed by atoms with E-state index in [-0.39, 0.29) is 11.7 Å². The van der Waals surface area contributed by atoms with Crippen LogP contribution in [0.4, 0.5) is 4.39 Å². The van der Waals surface area contributed by atoms with E-state index >= 15 is 0 Å². The number of hydrogen-bond acceptors (Lipinski definition) is 2. The average Bonchev–Trinajstić information content (AvgIpc) is 2.81. The molecule has 1 fully saturated rings. The minimum absolute atomic E-state index is 0.0752. The highest BCUT2D eigenvalue weighted by atomic mass is 32.2. The summed E-state index contributed by atoms with van der Waals surface area (Å²) in [5.74, 6) is 0.235. The van der Waals surface area contributed by atoms with Crippen LogP contribution in [0, 0.1) is 5.82 Å². The van der Waals surface area contributed by atoms with Gasteiger partial charge in [0.25, 0.3) is 0 Å². The van der Waals surface area contributed by atoms with Crippen molar-refractivity contribution in [3.8, 4) is 0 Å². The molecule has 1 N–H and O–H groups in total. The molecule has 0 aliphatic heterocycles. The molecule has 0 bridgehead atoms. The summed E-state index contributed by atoms with van der Waals surface area (Å²) in [5.41, 5.74) is 0. The van der Waals surface area contributed by atoms with E-state index < -0.39 is 0 Å². The summed E-state index contributed by atoms with van der Waals surface area (Å²) in [7, 11) is 0. The quantitative estimate of drug-likeness (QED) is 0.836. The molecule has 0 radical (unpaired) electrons. The number of halogens is 1. The van der Waals surface area contributed by atoms with Crippen molar-refractivity contribution in [3.05, 3.63) is 30.1 Å². The molecule has 1 amide bonds. The summed E-state index contributed by atoms with van der Waals surface area (Å²) < 4.78 is 12.7. The highest BCUT2D eigenvalue weighted by Gasteiger charge is 2.16. The summed E-state index contributed by atoms with van der Waals surface area (Å²) >= 11 is 1.44. The SMILES string of the molecule is O=C(CSc1ccc(F)cc1)NC1CCCC1. The molecular weight excluding hydrogens is 237 g/mol. The molecule has 1 aromatic carbocycles. The van der Waals surface area contributed by atoms with Gasteiger partial charge in [-0.05, 0) is 37.1 Å². The summed E-state index contributed by atoms with van der Waals surface area (Å²) in [6.45, 7) is 0. The lowest BCUT2D eigenvalue weighted by Gasteiger charge is -2.11. The van der Waals surface area contributed by atoms with E-state index in [1.165, 1.54) is 36.7 Å². The minimum Gasteiger partial charge on any atom is -0.353 e. The van der Waals surface area contributed by atoms with Crippen LogP contribution in [0.15, 0.2) is 29.2 Å². The molecule has 1 aliphatic carbocycles. The fourth-order valence-corrected chi connectivity index (χ4v) is 2.73. The van der Waals surface area contributed by atoms with Gasteiger partial charge in [-0.1, -0.05) is 12.8 Å². The zero-order valence-electron chi connectivity index (χ0n) is 9.62. The molecule has 2 rings (SSSR count). The van der Waals surface area contributed by atoms with Crippen molar-refractivity contribution in [1.29, 1.82) is 0 Å². The molecular formula is C13H16FNOS. The summed E-state index contributed by atoms with van der Waals surface area (Å²) in [6.07, 6.45) is 4.64. The second kappa shape index (κ2) is 6.05. The highest BCUT2D eigenvalue weighted by molar-refractivity contribution is 8.00. The van der Waals surface area contributed by atoms with Crippen molar-refractivity contribution in [1.82, 2.24) is 5.32 Å². The maximum atomic E-state index is 12.7. The van der Waals surface area contributed by atoms with Crippen LogP contribution in [-0.4, -0.2) is 17.7 Å². The van der Waals surface area contributed by atoms with E-state index in [0.717, 1.165) is 17.7 Å². The van der Waals surface area contributed by atoms with E-state index in [9.17, 15) is 9.18 Å². The normalized spacial score (nSPS) is 16.1. The molecule has 92 valence electrons. The van der Waals surface area contributed by atoms with E-state index in [4.69, 9.17) is 0 Å². The Labute approximate surface area is 105 Å². The van der Waals surface area contributed by atoms with E-state index in [1.807, 2.05) is 0 Å². The van der Waals surface area contributed by atoms with Crippen molar-refractivity contribution >= 4 is 17.7 Å². The van der Waals surface area contributed by atoms with Crippen LogP contribution in [0.2, 0.25) is 0 Å². The van der Waals surface area contributed by atoms with Crippen molar-refractivity contribution in [2.75, 3.05) is 5.75 Å². The summed E-state index contributed by atoms with van der Waals surface area (Å²) in [5, 5.41) is 3.03. The third-order valence-electron chi connectivity index (χ3n) is 2.90. The molecule has 0 unspecified atom stereocenters. The van der Waals surface area contributed by atoms with Gasteiger partial charge in [-0.3, -0.25) is 4.79 Å². The Morgan fingerprint density at radius 3 is 2.59 bits per heavy atom. The van der Waals surface area contributed by atoms with Gasteiger partial charge in [0.15, 0.2) is 0 Å². The predicted molar refractivity (Wildman–Crippen MR) is 67.5 cm³/mol. The highest BCUT2D eigenvalue weighted by Crippen LogP contribution is 2.20. The second-order valence-corrected chi connectivity index (χ2v) is 5.34. The molecule has 0 saturated heterocycles. The van der Waals surface area contributed by atoms with E-state index in [1.54, 1.807) is 12.1 Å². The number of rotatable bonds is 4. The zero-order chi connectivity index (χ0) is 12.1. The van der Waals surface area contributed by atoms with Crippen LogP contribution in [-0.2, 0) is 4.79 Å². The van der Waals surface area contributed by atoms with Gasteiger partial charge in [-0.2, -0.15) is 0 Å². The number of benzene rings is 1. The predicted octanol–water partition coefficient (Wildman–Crippen LogP) is 2.98. The fraction of sp³-hybridized carbons (Fsp3) is 0.462. The molecule has 1 saturated carbocycles. The van der Waals surface area contributed by atoms with Crippen LogP contribution < -0.4 is 5.32 Å². The van der Waals surface area contributed by atoms with Crippen LogP contribution in [0.5, 0.6) is 0 Å². The van der Waals surface area contributed by atoms with Gasteiger partial charge in [-0.25, -0.2) is 4.39 Å². The molecule has 0 atom stereocenters. The monoisotopic (exact) mass is 253 g/mol. The Hall–Kier alpha value is -1.03. The van der Waals surface area contributed by atoms with Crippen molar-refractivity contribution in [2.24, 2.45) is 0 Å². The van der Waals surface area contributed by atoms with Crippen molar-refractivity contribution < 1.29 is 9.18 Å². The molecule has 2 nitrogen and oxygen atoms in total. The Balaban J connectivity index is 1.73. The number of carbonyl (C=O) groups is 1. The molecule has 17 heavy (non-hydrogen) atoms. The minimum atomic E-state index is -0.246. The van der Waals surface area contributed by atoms with Gasteiger partial charge < -0.3 is 5.32 Å². The van der Waals surface area contributed by atoms with Crippen molar-refractivity contribution in [2.45, 2.75) is 36.6 Å². The first-order valence-electron chi connectivity index (χ1n) is 5.92. The smallest absolute Gasteiger partial charge is 0.230 e. The first-order valence-corrected chi connectivity index (χ1v) is 6.90. The van der Waals surface area contributed by atoms with E-state index in [2.05, 4.69) is 5.32 Å². The summed E-state index contributed by atoms with van der Waals surface area (Å²) in [4.78, 5) is 12.6. The number of nitrogens with one attached hydrogen (secondary N) is 1. The third kappa shape index (κ3) is 4.04. The lowest BCUT2D eigenvalue weighted by atomic mass is 10.2. The van der Waals surface area contributed by atoms with Gasteiger partial charge in [0.2, 0.25) is 5.91 Å². The third-order valence-corrected chi connectivity index (χ3v) is 3.92. The molecule has 1 aromatic rings. The molecule has 0 aromatic heterocycles. The number of amides is 1. The van der Waals surface area contributed by atoms with Gasteiger partial charge in [0.1, 0.15) is 5.82 Å². The first-order chi connectivity index (χ1) is 8.24.